The van der Waals surface area contributed by atoms with E-state index in [9.17, 15) is 44.3 Å². The van der Waals surface area contributed by atoms with Crippen LogP contribution >= 0.6 is 22.6 Å². The number of carbonyl (C=O) groups is 1. The molecule has 0 saturated carbocycles. The second kappa shape index (κ2) is 7.55. The van der Waals surface area contributed by atoms with Gasteiger partial charge in [-0.2, -0.15) is 39.5 Å². The summed E-state index contributed by atoms with van der Waals surface area (Å²) in [4.78, 5) is 11.3. The fraction of sp³-hybridized carbons (Fsp3) is 0.917. The third-order valence-corrected chi connectivity index (χ3v) is 3.44. The number of carbonyl (C=O) groups excluding carboxylic acids is 1. The quantitative estimate of drug-likeness (QED) is 0.309. The van der Waals surface area contributed by atoms with Gasteiger partial charge in [0.05, 0.1) is 0 Å². The van der Waals surface area contributed by atoms with Crippen LogP contribution in [0.3, 0.4) is 0 Å². The number of hydrogen-bond donors (Lipinski definition) is 1. The van der Waals surface area contributed by atoms with Crippen molar-refractivity contribution in [3.8, 4) is 0 Å². The number of alkyl halides is 10. The maximum Gasteiger partial charge on any atom is 0.460 e. The molecule has 150 valence electrons. The molecule has 1 amide bonds. The monoisotopic (exact) mass is 503 g/mol. The maximum atomic E-state index is 13.4. The van der Waals surface area contributed by atoms with Crippen LogP contribution in [-0.2, 0) is 4.74 Å². The molecule has 0 bridgehead atoms. The number of halogens is 10. The van der Waals surface area contributed by atoms with Crippen molar-refractivity contribution in [2.75, 3.05) is 6.54 Å². The molecule has 0 heterocycles. The molecule has 0 spiro atoms. The van der Waals surface area contributed by atoms with Crippen molar-refractivity contribution in [1.82, 2.24) is 5.32 Å². The Kier molecular flexibility index (Phi) is 7.35. The molecule has 1 unspecified atom stereocenters. The first-order valence-corrected chi connectivity index (χ1v) is 7.80. The van der Waals surface area contributed by atoms with Gasteiger partial charge in [-0.05, 0) is 20.8 Å². The third-order valence-electron chi connectivity index (χ3n) is 2.55. The second-order valence-electron chi connectivity index (χ2n) is 6.04. The van der Waals surface area contributed by atoms with Crippen LogP contribution in [-0.4, -0.2) is 46.1 Å². The van der Waals surface area contributed by atoms with Gasteiger partial charge >= 0.3 is 30.0 Å². The highest BCUT2D eigenvalue weighted by Crippen LogP contribution is 2.54. The topological polar surface area (TPSA) is 38.3 Å². The van der Waals surface area contributed by atoms with E-state index in [1.165, 1.54) is 20.8 Å². The number of nitrogens with one attached hydrogen (secondary N) is 1. The zero-order chi connectivity index (χ0) is 20.5. The smallest absolute Gasteiger partial charge is 0.444 e. The molecule has 1 N–H and O–H groups in total. The molecule has 0 aliphatic carbocycles. The molecule has 0 aromatic rings. The van der Waals surface area contributed by atoms with Crippen molar-refractivity contribution in [3.05, 3.63) is 0 Å². The molecule has 0 aromatic heterocycles. The summed E-state index contributed by atoms with van der Waals surface area (Å²) in [5.74, 6) is -19.3. The third kappa shape index (κ3) is 6.24. The van der Waals surface area contributed by atoms with Crippen LogP contribution in [0.2, 0.25) is 0 Å². The minimum Gasteiger partial charge on any atom is -0.444 e. The van der Waals surface area contributed by atoms with Crippen LogP contribution in [0.1, 0.15) is 27.2 Å². The lowest BCUT2D eigenvalue weighted by atomic mass is 9.99. The molecule has 0 rings (SSSR count). The largest absolute Gasteiger partial charge is 0.460 e. The molecule has 0 aliphatic rings. The van der Waals surface area contributed by atoms with Gasteiger partial charge in [0.1, 0.15) is 5.60 Å². The Hall–Kier alpha value is -0.630. The SMILES string of the molecule is CC(C)(C)OC(=O)NCC(I)CC(F)(F)C(F)(F)C(F)(F)C(F)(F)F. The Balaban J connectivity index is 4.98. The molecule has 0 aliphatic heterocycles. The van der Waals surface area contributed by atoms with Crippen LogP contribution in [0.25, 0.3) is 0 Å². The number of ether oxygens (including phenoxy) is 1. The highest BCUT2D eigenvalue weighted by Gasteiger charge is 2.81. The molecule has 1 atom stereocenters. The van der Waals surface area contributed by atoms with Gasteiger partial charge in [-0.15, -0.1) is 0 Å². The second-order valence-corrected chi connectivity index (χ2v) is 7.80. The molecule has 0 radical (unpaired) electrons. The standard InChI is InChI=1S/C12H15F9INO2/c1-8(2,3)25-7(24)23-5-6(22)4-9(13,14)10(15,16)11(17,18)12(19,20)21/h6H,4-5H2,1-3H3,(H,23,24). The first kappa shape index (κ1) is 24.4. The summed E-state index contributed by atoms with van der Waals surface area (Å²) >= 11 is 1.12. The summed E-state index contributed by atoms with van der Waals surface area (Å²) in [6.07, 6.45) is -9.97. The zero-order valence-corrected chi connectivity index (χ0v) is 15.2. The molecule has 3 nitrogen and oxygen atoms in total. The Morgan fingerprint density at radius 2 is 1.40 bits per heavy atom. The number of hydrogen-bond acceptors (Lipinski definition) is 2. The minimum absolute atomic E-state index is 0.710. The first-order chi connectivity index (χ1) is 10.7. The molecule has 0 saturated heterocycles. The zero-order valence-electron chi connectivity index (χ0n) is 13.1. The van der Waals surface area contributed by atoms with Crippen molar-refractivity contribution in [2.45, 2.75) is 60.7 Å². The van der Waals surface area contributed by atoms with Gasteiger partial charge in [-0.1, -0.05) is 22.6 Å². The normalized spacial score (nSPS) is 15.7. The van der Waals surface area contributed by atoms with Crippen molar-refractivity contribution in [1.29, 1.82) is 0 Å². The summed E-state index contributed by atoms with van der Waals surface area (Å²) in [5.41, 5.74) is -0.948. The molecule has 13 heteroatoms. The van der Waals surface area contributed by atoms with Gasteiger partial charge in [0.15, 0.2) is 0 Å². The summed E-state index contributed by atoms with van der Waals surface area (Å²) in [6, 6.07) is 0. The predicted molar refractivity (Wildman–Crippen MR) is 77.6 cm³/mol. The summed E-state index contributed by atoms with van der Waals surface area (Å²) in [6.45, 7) is 3.71. The Morgan fingerprint density at radius 1 is 0.960 bits per heavy atom. The van der Waals surface area contributed by atoms with Gasteiger partial charge in [-0.3, -0.25) is 0 Å². The summed E-state index contributed by atoms with van der Waals surface area (Å²) in [7, 11) is 0. The number of amides is 1. The van der Waals surface area contributed by atoms with Crippen molar-refractivity contribution in [3.63, 3.8) is 0 Å². The van der Waals surface area contributed by atoms with Gasteiger partial charge in [0, 0.05) is 16.9 Å². The van der Waals surface area contributed by atoms with E-state index in [1.54, 1.807) is 0 Å². The van der Waals surface area contributed by atoms with Crippen molar-refractivity contribution in [2.24, 2.45) is 0 Å². The molecular weight excluding hydrogens is 488 g/mol. The Labute approximate surface area is 150 Å². The van der Waals surface area contributed by atoms with Gasteiger partial charge < -0.3 is 10.1 Å². The van der Waals surface area contributed by atoms with E-state index in [1.807, 2.05) is 5.32 Å². The highest BCUT2D eigenvalue weighted by molar-refractivity contribution is 14.1. The lowest BCUT2D eigenvalue weighted by molar-refractivity contribution is -0.396. The van der Waals surface area contributed by atoms with Crippen LogP contribution < -0.4 is 5.32 Å². The lowest BCUT2D eigenvalue weighted by Crippen LogP contribution is -2.61. The van der Waals surface area contributed by atoms with E-state index in [-0.39, 0.29) is 0 Å². The fourth-order valence-corrected chi connectivity index (χ4v) is 2.17. The molecule has 0 aromatic carbocycles. The molecule has 25 heavy (non-hydrogen) atoms. The summed E-state index contributed by atoms with van der Waals surface area (Å²) in [5, 5.41) is 1.93. The van der Waals surface area contributed by atoms with E-state index >= 15 is 0 Å². The van der Waals surface area contributed by atoms with Gasteiger partial charge in [0.2, 0.25) is 0 Å². The van der Waals surface area contributed by atoms with Crippen LogP contribution in [0.4, 0.5) is 44.3 Å². The number of rotatable bonds is 6. The van der Waals surface area contributed by atoms with E-state index in [0.717, 1.165) is 22.6 Å². The maximum absolute atomic E-state index is 13.4. The number of alkyl carbamates (subject to hydrolysis) is 1. The van der Waals surface area contributed by atoms with E-state index in [0.29, 0.717) is 0 Å². The van der Waals surface area contributed by atoms with Crippen LogP contribution in [0.5, 0.6) is 0 Å². The first-order valence-electron chi connectivity index (χ1n) is 6.56. The van der Waals surface area contributed by atoms with E-state index in [2.05, 4.69) is 0 Å². The average Bonchev–Trinajstić information content (AvgIpc) is 2.31. The van der Waals surface area contributed by atoms with Crippen molar-refractivity contribution < 1.29 is 49.0 Å². The van der Waals surface area contributed by atoms with E-state index in [4.69, 9.17) is 4.74 Å². The molecular formula is C12H15F9INO2. The summed E-state index contributed by atoms with van der Waals surface area (Å²) < 4.78 is 118. The van der Waals surface area contributed by atoms with Crippen molar-refractivity contribution >= 4 is 28.7 Å². The Morgan fingerprint density at radius 3 is 1.76 bits per heavy atom. The van der Waals surface area contributed by atoms with Crippen LogP contribution in [0, 0.1) is 0 Å². The predicted octanol–water partition coefficient (Wildman–Crippen LogP) is 5.17. The Bertz CT molecular complexity index is 474. The highest BCUT2D eigenvalue weighted by atomic mass is 127. The molecule has 0 fully saturated rings. The van der Waals surface area contributed by atoms with E-state index < -0.39 is 52.5 Å². The minimum atomic E-state index is -6.92. The average molecular weight is 503 g/mol. The van der Waals surface area contributed by atoms with Gasteiger partial charge in [0.25, 0.3) is 0 Å². The fourth-order valence-electron chi connectivity index (χ4n) is 1.39. The van der Waals surface area contributed by atoms with Crippen LogP contribution in [0.15, 0.2) is 0 Å². The van der Waals surface area contributed by atoms with Gasteiger partial charge in [-0.25, -0.2) is 4.79 Å². The lowest BCUT2D eigenvalue weighted by Gasteiger charge is -2.34.